The van der Waals surface area contributed by atoms with Crippen molar-refractivity contribution in [2.75, 3.05) is 0 Å². The Labute approximate surface area is 99.3 Å². The lowest BCUT2D eigenvalue weighted by atomic mass is 10.2. The van der Waals surface area contributed by atoms with Crippen LogP contribution in [0.4, 0.5) is 0 Å². The van der Waals surface area contributed by atoms with E-state index in [-0.39, 0.29) is 5.91 Å². The first kappa shape index (κ1) is 10.2. The van der Waals surface area contributed by atoms with E-state index in [0.29, 0.717) is 11.6 Å². The third kappa shape index (κ3) is 2.36. The van der Waals surface area contributed by atoms with Gasteiger partial charge in [0, 0.05) is 15.0 Å². The lowest BCUT2D eigenvalue weighted by Crippen LogP contribution is -2.25. The molecule has 1 N–H and O–H groups in total. The second-order valence-corrected chi connectivity index (χ2v) is 5.14. The summed E-state index contributed by atoms with van der Waals surface area (Å²) in [5.41, 5.74) is 0.686. The van der Waals surface area contributed by atoms with Crippen molar-refractivity contribution in [1.82, 2.24) is 5.32 Å². The number of nitrogens with one attached hydrogen (secondary N) is 1. The monoisotopic (exact) mass is 317 g/mol. The summed E-state index contributed by atoms with van der Waals surface area (Å²) in [6.07, 6.45) is 2.22. The summed E-state index contributed by atoms with van der Waals surface area (Å²) in [6, 6.07) is 5.99. The molecule has 0 radical (unpaired) electrons. The maximum atomic E-state index is 11.7. The molecule has 0 bridgehead atoms. The lowest BCUT2D eigenvalue weighted by Gasteiger charge is -2.05. The van der Waals surface area contributed by atoms with Crippen LogP contribution in [0.5, 0.6) is 0 Å². The van der Waals surface area contributed by atoms with E-state index < -0.39 is 0 Å². The van der Waals surface area contributed by atoms with Gasteiger partial charge in [-0.3, -0.25) is 4.79 Å². The summed E-state index contributed by atoms with van der Waals surface area (Å²) in [4.78, 5) is 11.7. The number of carbonyl (C=O) groups excluding carboxylic acids is 1. The fraction of sp³-hybridized carbons (Fsp3) is 0.300. The van der Waals surface area contributed by atoms with Crippen LogP contribution in [0.2, 0.25) is 0 Å². The zero-order valence-corrected chi connectivity index (χ0v) is 10.6. The molecule has 14 heavy (non-hydrogen) atoms. The van der Waals surface area contributed by atoms with E-state index in [9.17, 15) is 4.79 Å². The van der Waals surface area contributed by atoms with Gasteiger partial charge >= 0.3 is 0 Å². The van der Waals surface area contributed by atoms with Crippen LogP contribution in [0.25, 0.3) is 0 Å². The Morgan fingerprint density at radius 2 is 2.07 bits per heavy atom. The van der Waals surface area contributed by atoms with Crippen LogP contribution in [-0.4, -0.2) is 11.9 Å². The van der Waals surface area contributed by atoms with Crippen LogP contribution >= 0.6 is 31.9 Å². The van der Waals surface area contributed by atoms with E-state index >= 15 is 0 Å². The quantitative estimate of drug-likeness (QED) is 0.892. The van der Waals surface area contributed by atoms with Crippen LogP contribution in [0.15, 0.2) is 27.1 Å². The second-order valence-electron chi connectivity index (χ2n) is 3.37. The van der Waals surface area contributed by atoms with E-state index in [1.54, 1.807) is 0 Å². The van der Waals surface area contributed by atoms with Gasteiger partial charge in [-0.2, -0.15) is 0 Å². The fourth-order valence-corrected chi connectivity index (χ4v) is 1.95. The number of hydrogen-bond donors (Lipinski definition) is 1. The van der Waals surface area contributed by atoms with Crippen molar-refractivity contribution in [1.29, 1.82) is 0 Å². The summed E-state index contributed by atoms with van der Waals surface area (Å²) < 4.78 is 1.75. The van der Waals surface area contributed by atoms with Crippen molar-refractivity contribution < 1.29 is 4.79 Å². The molecule has 1 amide bonds. The van der Waals surface area contributed by atoms with Crippen LogP contribution in [-0.2, 0) is 0 Å². The van der Waals surface area contributed by atoms with Gasteiger partial charge in [0.05, 0.1) is 5.56 Å². The molecule has 0 unspecified atom stereocenters. The predicted octanol–water partition coefficient (Wildman–Crippen LogP) is 3.10. The fourth-order valence-electron chi connectivity index (χ4n) is 1.16. The van der Waals surface area contributed by atoms with Gasteiger partial charge < -0.3 is 5.32 Å². The number of amides is 1. The lowest BCUT2D eigenvalue weighted by molar-refractivity contribution is 0.0950. The predicted molar refractivity (Wildman–Crippen MR) is 62.3 cm³/mol. The van der Waals surface area contributed by atoms with Crippen molar-refractivity contribution in [2.45, 2.75) is 18.9 Å². The Morgan fingerprint density at radius 1 is 1.36 bits per heavy atom. The molecule has 1 aromatic carbocycles. The molecule has 4 heteroatoms. The zero-order valence-electron chi connectivity index (χ0n) is 7.39. The number of benzene rings is 1. The first-order valence-corrected chi connectivity index (χ1v) is 6.01. The number of rotatable bonds is 2. The van der Waals surface area contributed by atoms with Gasteiger partial charge in [-0.15, -0.1) is 0 Å². The van der Waals surface area contributed by atoms with Gasteiger partial charge in [0.25, 0.3) is 5.91 Å². The zero-order chi connectivity index (χ0) is 10.1. The second kappa shape index (κ2) is 4.03. The van der Waals surface area contributed by atoms with Gasteiger partial charge in [-0.1, -0.05) is 15.9 Å². The molecule has 0 aliphatic heterocycles. The van der Waals surface area contributed by atoms with E-state index in [4.69, 9.17) is 0 Å². The van der Waals surface area contributed by atoms with Gasteiger partial charge in [0.1, 0.15) is 0 Å². The van der Waals surface area contributed by atoms with Crippen molar-refractivity contribution in [3.05, 3.63) is 32.7 Å². The molecular formula is C10H9Br2NO. The third-order valence-electron chi connectivity index (χ3n) is 2.09. The Bertz CT molecular complexity index is 374. The van der Waals surface area contributed by atoms with E-state index in [1.165, 1.54) is 0 Å². The molecule has 0 aromatic heterocycles. The van der Waals surface area contributed by atoms with Gasteiger partial charge in [0.15, 0.2) is 0 Å². The Morgan fingerprint density at radius 3 is 2.71 bits per heavy atom. The standard InChI is InChI=1S/C10H9Br2NO/c11-6-1-4-9(12)8(5-6)10(14)13-7-2-3-7/h1,4-5,7H,2-3H2,(H,13,14). The normalized spacial score (nSPS) is 15.3. The topological polar surface area (TPSA) is 29.1 Å². The maximum Gasteiger partial charge on any atom is 0.252 e. The highest BCUT2D eigenvalue weighted by Gasteiger charge is 2.24. The molecule has 1 aliphatic carbocycles. The minimum Gasteiger partial charge on any atom is -0.349 e. The molecule has 0 spiro atoms. The van der Waals surface area contributed by atoms with Crippen molar-refractivity contribution in [3.63, 3.8) is 0 Å². The molecule has 1 fully saturated rings. The molecule has 0 heterocycles. The molecule has 0 saturated heterocycles. The molecule has 0 atom stereocenters. The number of halogens is 2. The number of carbonyl (C=O) groups is 1. The SMILES string of the molecule is O=C(NC1CC1)c1cc(Br)ccc1Br. The highest BCUT2D eigenvalue weighted by atomic mass is 79.9. The highest BCUT2D eigenvalue weighted by Crippen LogP contribution is 2.24. The molecule has 2 nitrogen and oxygen atoms in total. The van der Waals surface area contributed by atoms with Crippen molar-refractivity contribution >= 4 is 37.8 Å². The summed E-state index contributed by atoms with van der Waals surface area (Å²) >= 11 is 6.71. The molecule has 1 saturated carbocycles. The van der Waals surface area contributed by atoms with Crippen LogP contribution in [0.1, 0.15) is 23.2 Å². The Kier molecular flexibility index (Phi) is 2.93. The minimum absolute atomic E-state index is 0.000625. The van der Waals surface area contributed by atoms with Crippen molar-refractivity contribution in [3.8, 4) is 0 Å². The summed E-state index contributed by atoms with van der Waals surface area (Å²) in [6.45, 7) is 0. The van der Waals surface area contributed by atoms with Crippen LogP contribution in [0.3, 0.4) is 0 Å². The minimum atomic E-state index is 0.000625. The van der Waals surface area contributed by atoms with Gasteiger partial charge in [-0.25, -0.2) is 0 Å². The number of hydrogen-bond acceptors (Lipinski definition) is 1. The average molecular weight is 319 g/mol. The van der Waals surface area contributed by atoms with E-state index in [1.807, 2.05) is 18.2 Å². The summed E-state index contributed by atoms with van der Waals surface area (Å²) in [5, 5.41) is 2.95. The van der Waals surface area contributed by atoms with Crippen LogP contribution < -0.4 is 5.32 Å². The van der Waals surface area contributed by atoms with Gasteiger partial charge in [-0.05, 0) is 47.0 Å². The van der Waals surface area contributed by atoms with Gasteiger partial charge in [0.2, 0.25) is 0 Å². The summed E-state index contributed by atoms with van der Waals surface area (Å²) in [7, 11) is 0. The maximum absolute atomic E-state index is 11.7. The highest BCUT2D eigenvalue weighted by molar-refractivity contribution is 9.11. The smallest absolute Gasteiger partial charge is 0.252 e. The van der Waals surface area contributed by atoms with Crippen LogP contribution in [0, 0.1) is 0 Å². The molecule has 1 aromatic rings. The molecule has 1 aliphatic rings. The third-order valence-corrected chi connectivity index (χ3v) is 3.27. The first-order chi connectivity index (χ1) is 6.66. The Balaban J connectivity index is 2.20. The Hall–Kier alpha value is -0.350. The average Bonchev–Trinajstić information content (AvgIpc) is 2.93. The largest absolute Gasteiger partial charge is 0.349 e. The summed E-state index contributed by atoms with van der Waals surface area (Å²) in [5.74, 6) is 0.000625. The van der Waals surface area contributed by atoms with Crippen molar-refractivity contribution in [2.24, 2.45) is 0 Å². The molecular weight excluding hydrogens is 310 g/mol. The van der Waals surface area contributed by atoms with E-state index in [0.717, 1.165) is 21.8 Å². The molecule has 2 rings (SSSR count). The van der Waals surface area contributed by atoms with E-state index in [2.05, 4.69) is 37.2 Å². The first-order valence-electron chi connectivity index (χ1n) is 4.43. The molecule has 74 valence electrons.